The molecule has 5 N–H and O–H groups in total. The van der Waals surface area contributed by atoms with Crippen molar-refractivity contribution in [3.63, 3.8) is 0 Å². The second-order valence-electron chi connectivity index (χ2n) is 5.61. The van der Waals surface area contributed by atoms with Gasteiger partial charge in [-0.15, -0.1) is 5.10 Å². The average Bonchev–Trinajstić information content (AvgIpc) is 2.96. The predicted molar refractivity (Wildman–Crippen MR) is 90.0 cm³/mol. The van der Waals surface area contributed by atoms with E-state index in [9.17, 15) is 0 Å². The molecule has 114 valence electrons. The first-order valence-corrected chi connectivity index (χ1v) is 7.59. The maximum atomic E-state index is 5.43. The summed E-state index contributed by atoms with van der Waals surface area (Å²) >= 11 is 0. The molecule has 1 aromatic heterocycles. The number of H-pyrrole nitrogens is 1. The number of guanidine groups is 1. The number of rotatable bonds is 3. The molecule has 0 saturated heterocycles. The molecule has 1 heterocycles. The normalized spacial score (nSPS) is 19.0. The van der Waals surface area contributed by atoms with E-state index in [0.717, 1.165) is 25.0 Å². The minimum Gasteiger partial charge on any atom is -0.369 e. The van der Waals surface area contributed by atoms with Gasteiger partial charge in [-0.25, -0.2) is 0 Å². The van der Waals surface area contributed by atoms with Crippen LogP contribution in [0.4, 0.5) is 0 Å². The molecular formula is C17H21N5. The molecule has 1 aliphatic carbocycles. The molecule has 0 radical (unpaired) electrons. The van der Waals surface area contributed by atoms with Crippen LogP contribution in [-0.4, -0.2) is 16.7 Å². The lowest BCUT2D eigenvalue weighted by atomic mass is 9.81. The van der Waals surface area contributed by atoms with Gasteiger partial charge in [0.15, 0.2) is 0 Å². The molecule has 5 heteroatoms. The van der Waals surface area contributed by atoms with Gasteiger partial charge in [0.25, 0.3) is 0 Å². The molecule has 1 aromatic carbocycles. The number of benzene rings is 1. The van der Waals surface area contributed by atoms with E-state index in [1.807, 2.05) is 6.07 Å². The SMILES string of the molecule is CCc1c[nH]c2c1C(=NN=C(N)N)CC(c1ccccc1)C2. The van der Waals surface area contributed by atoms with Crippen molar-refractivity contribution in [3.8, 4) is 0 Å². The van der Waals surface area contributed by atoms with Crippen molar-refractivity contribution in [1.29, 1.82) is 0 Å². The molecule has 0 fully saturated rings. The zero-order valence-corrected chi connectivity index (χ0v) is 12.7. The molecule has 22 heavy (non-hydrogen) atoms. The van der Waals surface area contributed by atoms with Crippen LogP contribution in [0.3, 0.4) is 0 Å². The standard InChI is InChI=1S/C17H21N5/c1-2-11-10-20-14-8-13(12-6-4-3-5-7-12)9-15(16(11)14)21-22-17(18)19/h3-7,10,13,20H,2,8-9H2,1H3,(H4,18,19,22). The van der Waals surface area contributed by atoms with E-state index in [1.165, 1.54) is 22.4 Å². The topological polar surface area (TPSA) is 92.5 Å². The fourth-order valence-corrected chi connectivity index (χ4v) is 3.14. The Morgan fingerprint density at radius 3 is 2.68 bits per heavy atom. The first kappa shape index (κ1) is 14.4. The van der Waals surface area contributed by atoms with Crippen molar-refractivity contribution in [2.45, 2.75) is 32.1 Å². The van der Waals surface area contributed by atoms with Gasteiger partial charge in [-0.2, -0.15) is 5.10 Å². The van der Waals surface area contributed by atoms with Gasteiger partial charge < -0.3 is 16.5 Å². The maximum absolute atomic E-state index is 5.43. The van der Waals surface area contributed by atoms with Crippen molar-refractivity contribution in [3.05, 3.63) is 58.9 Å². The van der Waals surface area contributed by atoms with Crippen molar-refractivity contribution < 1.29 is 0 Å². The van der Waals surface area contributed by atoms with Gasteiger partial charge in [-0.05, 0) is 36.3 Å². The fraction of sp³-hybridized carbons (Fsp3) is 0.294. The summed E-state index contributed by atoms with van der Waals surface area (Å²) in [5.41, 5.74) is 16.8. The van der Waals surface area contributed by atoms with Crippen LogP contribution in [0.5, 0.6) is 0 Å². The predicted octanol–water partition coefficient (Wildman–Crippen LogP) is 2.28. The van der Waals surface area contributed by atoms with Gasteiger partial charge in [0.2, 0.25) is 5.96 Å². The Kier molecular flexibility index (Phi) is 3.96. The zero-order valence-electron chi connectivity index (χ0n) is 12.7. The highest BCUT2D eigenvalue weighted by Crippen LogP contribution is 2.34. The van der Waals surface area contributed by atoms with Gasteiger partial charge in [0, 0.05) is 17.5 Å². The smallest absolute Gasteiger partial charge is 0.211 e. The molecule has 2 aromatic rings. The molecule has 3 rings (SSSR count). The van der Waals surface area contributed by atoms with Crippen LogP contribution in [-0.2, 0) is 12.8 Å². The number of fused-ring (bicyclic) bond motifs is 1. The molecule has 0 bridgehead atoms. The van der Waals surface area contributed by atoms with Gasteiger partial charge >= 0.3 is 0 Å². The third kappa shape index (κ3) is 2.74. The van der Waals surface area contributed by atoms with E-state index in [2.05, 4.69) is 52.6 Å². The fourth-order valence-electron chi connectivity index (χ4n) is 3.14. The van der Waals surface area contributed by atoms with Crippen LogP contribution >= 0.6 is 0 Å². The summed E-state index contributed by atoms with van der Waals surface area (Å²) in [7, 11) is 0. The number of aromatic amines is 1. The van der Waals surface area contributed by atoms with Crippen molar-refractivity contribution in [2.24, 2.45) is 21.7 Å². The van der Waals surface area contributed by atoms with Crippen LogP contribution in [0.15, 0.2) is 46.7 Å². The van der Waals surface area contributed by atoms with E-state index < -0.39 is 0 Å². The largest absolute Gasteiger partial charge is 0.369 e. The van der Waals surface area contributed by atoms with Crippen molar-refractivity contribution in [2.75, 3.05) is 0 Å². The second-order valence-corrected chi connectivity index (χ2v) is 5.61. The van der Waals surface area contributed by atoms with Crippen molar-refractivity contribution >= 4 is 11.7 Å². The third-order valence-electron chi connectivity index (χ3n) is 4.16. The molecule has 0 amide bonds. The Bertz CT molecular complexity index is 708. The molecule has 0 saturated carbocycles. The molecule has 1 aliphatic rings. The first-order chi connectivity index (χ1) is 10.7. The van der Waals surface area contributed by atoms with E-state index in [1.54, 1.807) is 0 Å². The van der Waals surface area contributed by atoms with E-state index in [-0.39, 0.29) is 5.96 Å². The van der Waals surface area contributed by atoms with Gasteiger partial charge in [-0.1, -0.05) is 37.3 Å². The lowest BCUT2D eigenvalue weighted by Crippen LogP contribution is -2.23. The quantitative estimate of drug-likeness (QED) is 0.460. The van der Waals surface area contributed by atoms with Crippen LogP contribution in [0.25, 0.3) is 0 Å². The Labute approximate surface area is 130 Å². The van der Waals surface area contributed by atoms with E-state index >= 15 is 0 Å². The molecular weight excluding hydrogens is 274 g/mol. The van der Waals surface area contributed by atoms with Crippen LogP contribution in [0.1, 0.15) is 41.6 Å². The average molecular weight is 295 g/mol. The van der Waals surface area contributed by atoms with Crippen LogP contribution < -0.4 is 11.5 Å². The summed E-state index contributed by atoms with van der Waals surface area (Å²) in [6.45, 7) is 2.14. The summed E-state index contributed by atoms with van der Waals surface area (Å²) in [6.07, 6.45) is 4.87. The molecule has 0 aliphatic heterocycles. The zero-order chi connectivity index (χ0) is 15.5. The number of hydrogen-bond donors (Lipinski definition) is 3. The summed E-state index contributed by atoms with van der Waals surface area (Å²) in [5, 5.41) is 8.19. The number of aryl methyl sites for hydroxylation is 1. The summed E-state index contributed by atoms with van der Waals surface area (Å²) in [6, 6.07) is 10.5. The molecule has 1 atom stereocenters. The van der Waals surface area contributed by atoms with Gasteiger partial charge in [-0.3, -0.25) is 0 Å². The van der Waals surface area contributed by atoms with Gasteiger partial charge in [0.1, 0.15) is 0 Å². The summed E-state index contributed by atoms with van der Waals surface area (Å²) in [4.78, 5) is 3.40. The monoisotopic (exact) mass is 295 g/mol. The number of nitrogens with zero attached hydrogens (tertiary/aromatic N) is 2. The Morgan fingerprint density at radius 1 is 1.23 bits per heavy atom. The minimum absolute atomic E-state index is 0.00975. The Hall–Kier alpha value is -2.56. The molecule has 1 unspecified atom stereocenters. The molecule has 0 spiro atoms. The number of hydrogen-bond acceptors (Lipinski definition) is 2. The highest BCUT2D eigenvalue weighted by Gasteiger charge is 2.28. The highest BCUT2D eigenvalue weighted by atomic mass is 15.3. The number of aromatic nitrogens is 1. The van der Waals surface area contributed by atoms with Crippen LogP contribution in [0, 0.1) is 0 Å². The molecule has 5 nitrogen and oxygen atoms in total. The first-order valence-electron chi connectivity index (χ1n) is 7.59. The van der Waals surface area contributed by atoms with E-state index in [4.69, 9.17) is 11.5 Å². The minimum atomic E-state index is -0.00975. The summed E-state index contributed by atoms with van der Waals surface area (Å²) in [5.74, 6) is 0.384. The van der Waals surface area contributed by atoms with Crippen molar-refractivity contribution in [1.82, 2.24) is 4.98 Å². The van der Waals surface area contributed by atoms with Crippen LogP contribution in [0.2, 0.25) is 0 Å². The highest BCUT2D eigenvalue weighted by molar-refractivity contribution is 6.04. The maximum Gasteiger partial charge on any atom is 0.211 e. The lowest BCUT2D eigenvalue weighted by Gasteiger charge is -2.24. The third-order valence-corrected chi connectivity index (χ3v) is 4.16. The lowest BCUT2D eigenvalue weighted by molar-refractivity contribution is 0.683. The second kappa shape index (κ2) is 6.05. The van der Waals surface area contributed by atoms with Gasteiger partial charge in [0.05, 0.1) is 5.71 Å². The Morgan fingerprint density at radius 2 is 2.00 bits per heavy atom. The number of nitrogens with one attached hydrogen (secondary N) is 1. The van der Waals surface area contributed by atoms with E-state index in [0.29, 0.717) is 5.92 Å². The summed E-state index contributed by atoms with van der Waals surface area (Å²) < 4.78 is 0. The Balaban J connectivity index is 2.03. The number of nitrogens with two attached hydrogens (primary N) is 2.